The summed E-state index contributed by atoms with van der Waals surface area (Å²) in [6, 6.07) is 11.9. The lowest BCUT2D eigenvalue weighted by Crippen LogP contribution is -2.36. The van der Waals surface area contributed by atoms with Gasteiger partial charge in [-0.25, -0.2) is 0 Å². The number of hydrogen-bond donors (Lipinski definition) is 2. The number of carbonyl (C=O) groups excluding carboxylic acids is 1. The Balaban J connectivity index is 1.98. The van der Waals surface area contributed by atoms with E-state index >= 15 is 0 Å². The number of hydrogen-bond acceptors (Lipinski definition) is 4. The Labute approximate surface area is 174 Å². The van der Waals surface area contributed by atoms with Crippen LogP contribution in [0.15, 0.2) is 42.5 Å². The van der Waals surface area contributed by atoms with E-state index in [1.165, 1.54) is 23.8 Å². The minimum atomic E-state index is -0.538. The Kier molecular flexibility index (Phi) is 7.48. The molecule has 2 N–H and O–H groups in total. The molecule has 0 heterocycles. The zero-order valence-electron chi connectivity index (χ0n) is 15.9. The molecule has 0 saturated heterocycles. The first-order chi connectivity index (χ1) is 13.2. The number of nitrogens with one attached hydrogen (secondary N) is 2. The van der Waals surface area contributed by atoms with Gasteiger partial charge < -0.3 is 10.6 Å². The predicted octanol–water partition coefficient (Wildman–Crippen LogP) is 5.06. The van der Waals surface area contributed by atoms with E-state index in [0.717, 1.165) is 12.0 Å². The number of amides is 1. The van der Waals surface area contributed by atoms with E-state index in [-0.39, 0.29) is 27.6 Å². The Morgan fingerprint density at radius 3 is 2.36 bits per heavy atom. The van der Waals surface area contributed by atoms with E-state index in [1.54, 1.807) is 6.92 Å². The molecular weight excluding hydrogens is 398 g/mol. The number of nitro groups is 1. The minimum absolute atomic E-state index is 0.0732. The summed E-state index contributed by atoms with van der Waals surface area (Å²) in [5, 5.41) is 16.4. The molecule has 2 aromatic carbocycles. The van der Waals surface area contributed by atoms with E-state index in [9.17, 15) is 14.9 Å². The summed E-state index contributed by atoms with van der Waals surface area (Å²) in [6.07, 6.45) is 0.991. The quantitative estimate of drug-likeness (QED) is 0.388. The first-order valence-electron chi connectivity index (χ1n) is 8.82. The molecule has 1 unspecified atom stereocenters. The highest BCUT2D eigenvalue weighted by atomic mass is 35.5. The largest absolute Gasteiger partial charge is 0.331 e. The van der Waals surface area contributed by atoms with Gasteiger partial charge in [0.1, 0.15) is 0 Å². The van der Waals surface area contributed by atoms with Crippen LogP contribution in [0.25, 0.3) is 0 Å². The van der Waals surface area contributed by atoms with Gasteiger partial charge in [-0.05, 0) is 48.7 Å². The zero-order valence-corrected chi connectivity index (χ0v) is 17.4. The number of rotatable bonds is 6. The van der Waals surface area contributed by atoms with Crippen molar-refractivity contribution in [3.05, 3.63) is 68.7 Å². The minimum Gasteiger partial charge on any atom is -0.331 e. The molecular formula is C20H22ClN3O3S. The van der Waals surface area contributed by atoms with E-state index in [2.05, 4.69) is 24.5 Å². The van der Waals surface area contributed by atoms with E-state index in [4.69, 9.17) is 23.8 Å². The topological polar surface area (TPSA) is 84.3 Å². The molecule has 8 heteroatoms. The SMILES string of the molecule is CC(C)Cc1ccc(C(C)C(=O)NC(=S)Nc2ccc([N+](=O)[O-])cc2Cl)cc1. The molecule has 0 radical (unpaired) electrons. The van der Waals surface area contributed by atoms with Gasteiger partial charge in [0.05, 0.1) is 21.6 Å². The van der Waals surface area contributed by atoms with Crippen molar-refractivity contribution < 1.29 is 9.72 Å². The molecule has 1 atom stereocenters. The molecule has 0 saturated carbocycles. The van der Waals surface area contributed by atoms with Gasteiger partial charge in [0.2, 0.25) is 5.91 Å². The lowest BCUT2D eigenvalue weighted by molar-refractivity contribution is -0.384. The molecule has 0 bridgehead atoms. The summed E-state index contributed by atoms with van der Waals surface area (Å²) in [7, 11) is 0. The number of halogens is 1. The molecule has 0 aromatic heterocycles. The van der Waals surface area contributed by atoms with Crippen molar-refractivity contribution in [2.24, 2.45) is 5.92 Å². The molecule has 6 nitrogen and oxygen atoms in total. The number of thiocarbonyl (C=S) groups is 1. The maximum Gasteiger partial charge on any atom is 0.271 e. The van der Waals surface area contributed by atoms with Gasteiger partial charge in [-0.1, -0.05) is 49.7 Å². The van der Waals surface area contributed by atoms with Crippen molar-refractivity contribution in [3.63, 3.8) is 0 Å². The second-order valence-corrected chi connectivity index (χ2v) is 7.74. The van der Waals surface area contributed by atoms with Crippen molar-refractivity contribution in [3.8, 4) is 0 Å². The average Bonchev–Trinajstić information content (AvgIpc) is 2.62. The summed E-state index contributed by atoms with van der Waals surface area (Å²) in [6.45, 7) is 6.12. The second kappa shape index (κ2) is 9.61. The van der Waals surface area contributed by atoms with Crippen LogP contribution in [0.1, 0.15) is 37.8 Å². The number of nitro benzene ring substituents is 1. The van der Waals surface area contributed by atoms with Gasteiger partial charge in [0, 0.05) is 12.1 Å². The lowest BCUT2D eigenvalue weighted by atomic mass is 9.96. The fourth-order valence-corrected chi connectivity index (χ4v) is 3.09. The number of benzene rings is 2. The van der Waals surface area contributed by atoms with Crippen LogP contribution in [0.4, 0.5) is 11.4 Å². The highest BCUT2D eigenvalue weighted by molar-refractivity contribution is 7.80. The van der Waals surface area contributed by atoms with E-state index in [0.29, 0.717) is 11.6 Å². The van der Waals surface area contributed by atoms with Crippen LogP contribution in [0.2, 0.25) is 5.02 Å². The fourth-order valence-electron chi connectivity index (χ4n) is 2.66. The second-order valence-electron chi connectivity index (χ2n) is 6.93. The number of anilines is 1. The zero-order chi connectivity index (χ0) is 20.8. The average molecular weight is 420 g/mol. The Morgan fingerprint density at radius 1 is 1.18 bits per heavy atom. The van der Waals surface area contributed by atoms with Crippen molar-refractivity contribution in [2.75, 3.05) is 5.32 Å². The maximum absolute atomic E-state index is 12.5. The van der Waals surface area contributed by atoms with Gasteiger partial charge in [-0.3, -0.25) is 14.9 Å². The number of nitrogens with zero attached hydrogens (tertiary/aromatic N) is 1. The summed E-state index contributed by atoms with van der Waals surface area (Å²) in [5.74, 6) is -0.0754. The third-order valence-electron chi connectivity index (χ3n) is 4.17. The third kappa shape index (κ3) is 6.00. The van der Waals surface area contributed by atoms with Crippen molar-refractivity contribution >= 4 is 46.2 Å². The van der Waals surface area contributed by atoms with Gasteiger partial charge >= 0.3 is 0 Å². The van der Waals surface area contributed by atoms with Gasteiger partial charge in [0.25, 0.3) is 5.69 Å². The van der Waals surface area contributed by atoms with Crippen LogP contribution in [-0.4, -0.2) is 15.9 Å². The standard InChI is InChI=1S/C20H22ClN3O3S/c1-12(2)10-14-4-6-15(7-5-14)13(3)19(25)23-20(28)22-18-9-8-16(24(26)27)11-17(18)21/h4-9,11-13H,10H2,1-3H3,(H2,22,23,25,28). The summed E-state index contributed by atoms with van der Waals surface area (Å²) >= 11 is 11.2. The van der Waals surface area contributed by atoms with Crippen LogP contribution >= 0.6 is 23.8 Å². The normalized spacial score (nSPS) is 11.8. The summed E-state index contributed by atoms with van der Waals surface area (Å²) < 4.78 is 0. The van der Waals surface area contributed by atoms with Crippen LogP contribution in [0, 0.1) is 16.0 Å². The van der Waals surface area contributed by atoms with E-state index in [1.807, 2.05) is 24.3 Å². The highest BCUT2D eigenvalue weighted by Gasteiger charge is 2.17. The van der Waals surface area contributed by atoms with Crippen LogP contribution in [-0.2, 0) is 11.2 Å². The molecule has 2 aromatic rings. The fraction of sp³-hybridized carbons (Fsp3) is 0.300. The lowest BCUT2D eigenvalue weighted by Gasteiger charge is -2.15. The first kappa shape index (κ1) is 21.8. The first-order valence-corrected chi connectivity index (χ1v) is 9.60. The predicted molar refractivity (Wildman–Crippen MR) is 116 cm³/mol. The van der Waals surface area contributed by atoms with Crippen LogP contribution in [0.5, 0.6) is 0 Å². The Hall–Kier alpha value is -2.51. The molecule has 1 amide bonds. The third-order valence-corrected chi connectivity index (χ3v) is 4.68. The smallest absolute Gasteiger partial charge is 0.271 e. The van der Waals surface area contributed by atoms with Gasteiger partial charge in [-0.15, -0.1) is 0 Å². The van der Waals surface area contributed by atoms with Crippen molar-refractivity contribution in [2.45, 2.75) is 33.1 Å². The molecule has 0 aliphatic heterocycles. The molecule has 148 valence electrons. The van der Waals surface area contributed by atoms with Crippen LogP contribution < -0.4 is 10.6 Å². The van der Waals surface area contributed by atoms with Crippen molar-refractivity contribution in [1.29, 1.82) is 0 Å². The van der Waals surface area contributed by atoms with E-state index < -0.39 is 4.92 Å². The molecule has 0 aliphatic carbocycles. The van der Waals surface area contributed by atoms with Crippen LogP contribution in [0.3, 0.4) is 0 Å². The summed E-state index contributed by atoms with van der Waals surface area (Å²) in [5.41, 5.74) is 2.38. The van der Waals surface area contributed by atoms with Gasteiger partial charge in [-0.2, -0.15) is 0 Å². The Bertz CT molecular complexity index is 885. The van der Waals surface area contributed by atoms with Crippen molar-refractivity contribution in [1.82, 2.24) is 5.32 Å². The molecule has 28 heavy (non-hydrogen) atoms. The Morgan fingerprint density at radius 2 is 1.82 bits per heavy atom. The molecule has 0 spiro atoms. The number of carbonyl (C=O) groups is 1. The summed E-state index contributed by atoms with van der Waals surface area (Å²) in [4.78, 5) is 22.7. The maximum atomic E-state index is 12.5. The highest BCUT2D eigenvalue weighted by Crippen LogP contribution is 2.26. The molecule has 0 aliphatic rings. The molecule has 2 rings (SSSR count). The molecule has 0 fully saturated rings. The number of non-ortho nitro benzene ring substituents is 1. The van der Waals surface area contributed by atoms with Gasteiger partial charge in [0.15, 0.2) is 5.11 Å². The monoisotopic (exact) mass is 419 g/mol.